The number of benzene rings is 1. The summed E-state index contributed by atoms with van der Waals surface area (Å²) in [7, 11) is 3.55. The highest BCUT2D eigenvalue weighted by atomic mass is 127. The van der Waals surface area contributed by atoms with E-state index in [4.69, 9.17) is 4.74 Å². The summed E-state index contributed by atoms with van der Waals surface area (Å²) in [6, 6.07) is 10.5. The van der Waals surface area contributed by atoms with Gasteiger partial charge in [0.1, 0.15) is 18.9 Å². The normalized spacial score (nSPS) is 18.1. The van der Waals surface area contributed by atoms with Crippen LogP contribution in [0.4, 0.5) is 0 Å². The zero-order valence-corrected chi connectivity index (χ0v) is 20.6. The molecular formula is C22H36IN5O2. The summed E-state index contributed by atoms with van der Waals surface area (Å²) < 4.78 is 5.83. The van der Waals surface area contributed by atoms with Crippen LogP contribution >= 0.6 is 24.0 Å². The average molecular weight is 529 g/mol. The predicted octanol–water partition coefficient (Wildman–Crippen LogP) is 2.28. The fraction of sp³-hybridized carbons (Fsp3) is 0.636. The smallest absolute Gasteiger partial charge is 0.243 e. The highest BCUT2D eigenvalue weighted by Gasteiger charge is 2.23. The highest BCUT2D eigenvalue weighted by Crippen LogP contribution is 2.18. The fourth-order valence-electron chi connectivity index (χ4n) is 3.77. The average Bonchev–Trinajstić information content (AvgIpc) is 3.25. The summed E-state index contributed by atoms with van der Waals surface area (Å²) in [5.41, 5.74) is 0. The number of hydrogen-bond acceptors (Lipinski definition) is 4. The van der Waals surface area contributed by atoms with Gasteiger partial charge in [0.15, 0.2) is 5.96 Å². The molecule has 1 heterocycles. The number of nitrogens with zero attached hydrogens (tertiary/aromatic N) is 4. The number of halogens is 1. The van der Waals surface area contributed by atoms with E-state index in [1.165, 1.54) is 25.7 Å². The number of rotatable bonds is 7. The Kier molecular flexibility index (Phi) is 10.7. The number of guanidine groups is 1. The van der Waals surface area contributed by atoms with E-state index in [1.54, 1.807) is 19.0 Å². The Balaban J connectivity index is 0.00000320. The maximum absolute atomic E-state index is 12.0. The molecule has 0 spiro atoms. The largest absolute Gasteiger partial charge is 0.492 e. The Hall–Kier alpha value is -1.55. The van der Waals surface area contributed by atoms with Gasteiger partial charge in [0.25, 0.3) is 0 Å². The van der Waals surface area contributed by atoms with Crippen molar-refractivity contribution in [3.8, 4) is 5.75 Å². The summed E-state index contributed by atoms with van der Waals surface area (Å²) in [5.74, 6) is 1.85. The van der Waals surface area contributed by atoms with Gasteiger partial charge >= 0.3 is 0 Å². The molecule has 2 fully saturated rings. The lowest BCUT2D eigenvalue weighted by molar-refractivity contribution is -0.127. The minimum atomic E-state index is 0. The molecule has 1 N–H and O–H groups in total. The molecule has 7 nitrogen and oxygen atoms in total. The molecule has 2 aliphatic rings. The third kappa shape index (κ3) is 7.94. The third-order valence-corrected chi connectivity index (χ3v) is 5.64. The van der Waals surface area contributed by atoms with E-state index < -0.39 is 0 Å². The Morgan fingerprint density at radius 1 is 1.13 bits per heavy atom. The molecule has 0 bridgehead atoms. The molecule has 1 saturated heterocycles. The van der Waals surface area contributed by atoms with Crippen LogP contribution < -0.4 is 10.1 Å². The van der Waals surface area contributed by atoms with Crippen molar-refractivity contribution in [3.63, 3.8) is 0 Å². The maximum Gasteiger partial charge on any atom is 0.243 e. The van der Waals surface area contributed by atoms with Crippen LogP contribution in [0.2, 0.25) is 0 Å². The second-order valence-corrected chi connectivity index (χ2v) is 8.04. The van der Waals surface area contributed by atoms with Gasteiger partial charge < -0.3 is 19.9 Å². The molecule has 0 unspecified atom stereocenters. The van der Waals surface area contributed by atoms with E-state index in [-0.39, 0.29) is 36.4 Å². The number of carbonyl (C=O) groups excluding carboxylic acids is 1. The molecule has 0 radical (unpaired) electrons. The Bertz CT molecular complexity index is 657. The molecular weight excluding hydrogens is 493 g/mol. The van der Waals surface area contributed by atoms with E-state index in [0.29, 0.717) is 12.6 Å². The van der Waals surface area contributed by atoms with Gasteiger partial charge in [-0.05, 0) is 25.0 Å². The number of hydrogen-bond donors (Lipinski definition) is 1. The Labute approximate surface area is 197 Å². The topological polar surface area (TPSA) is 60.4 Å². The molecule has 0 atom stereocenters. The van der Waals surface area contributed by atoms with Crippen molar-refractivity contribution in [1.29, 1.82) is 0 Å². The first-order chi connectivity index (χ1) is 14.1. The summed E-state index contributed by atoms with van der Waals surface area (Å²) >= 11 is 0. The number of para-hydroxylation sites is 1. The predicted molar refractivity (Wildman–Crippen MR) is 132 cm³/mol. The molecule has 1 aromatic rings. The molecule has 1 amide bonds. The molecule has 1 aliphatic heterocycles. The highest BCUT2D eigenvalue weighted by molar-refractivity contribution is 14.0. The van der Waals surface area contributed by atoms with E-state index in [0.717, 1.165) is 44.4 Å². The Morgan fingerprint density at radius 2 is 1.80 bits per heavy atom. The van der Waals surface area contributed by atoms with Crippen molar-refractivity contribution in [3.05, 3.63) is 30.3 Å². The van der Waals surface area contributed by atoms with Crippen LogP contribution in [0.3, 0.4) is 0 Å². The van der Waals surface area contributed by atoms with E-state index >= 15 is 0 Å². The van der Waals surface area contributed by atoms with Gasteiger partial charge in [0.05, 0.1) is 0 Å². The number of aliphatic imine (C=N–C) groups is 1. The van der Waals surface area contributed by atoms with Gasteiger partial charge in [-0.3, -0.25) is 9.69 Å². The van der Waals surface area contributed by atoms with Crippen LogP contribution in [0.1, 0.15) is 25.7 Å². The minimum Gasteiger partial charge on any atom is -0.492 e. The number of amides is 1. The standard InChI is InChI=1S/C22H35N5O2.HI/c1-25(2)21(28)18-23-22(24-19-8-6-7-9-19)27-14-12-26(13-15-27)16-17-29-20-10-4-3-5-11-20;/h3-5,10-11,19H,6-9,12-18H2,1-2H3,(H,23,24);1H. The lowest BCUT2D eigenvalue weighted by Crippen LogP contribution is -2.54. The van der Waals surface area contributed by atoms with Gasteiger partial charge in [-0.2, -0.15) is 0 Å². The second kappa shape index (κ2) is 13.0. The molecule has 3 rings (SSSR count). The molecule has 1 saturated carbocycles. The quantitative estimate of drug-likeness (QED) is 0.334. The van der Waals surface area contributed by atoms with Gasteiger partial charge in [-0.1, -0.05) is 31.0 Å². The zero-order valence-electron chi connectivity index (χ0n) is 18.3. The van der Waals surface area contributed by atoms with Crippen molar-refractivity contribution in [2.24, 2.45) is 4.99 Å². The minimum absolute atomic E-state index is 0. The molecule has 1 aliphatic carbocycles. The van der Waals surface area contributed by atoms with Gasteiger partial charge in [-0.25, -0.2) is 4.99 Å². The van der Waals surface area contributed by atoms with Crippen LogP contribution in [0, 0.1) is 0 Å². The number of piperazine rings is 1. The van der Waals surface area contributed by atoms with E-state index in [1.807, 2.05) is 30.3 Å². The number of carbonyl (C=O) groups is 1. The summed E-state index contributed by atoms with van der Waals surface area (Å²) in [6.45, 7) is 5.61. The molecule has 1 aromatic carbocycles. The lowest BCUT2D eigenvalue weighted by atomic mass is 10.2. The van der Waals surface area contributed by atoms with Gasteiger partial charge in [-0.15, -0.1) is 24.0 Å². The second-order valence-electron chi connectivity index (χ2n) is 8.04. The molecule has 0 aromatic heterocycles. The first-order valence-corrected chi connectivity index (χ1v) is 10.8. The lowest BCUT2D eigenvalue weighted by Gasteiger charge is -2.37. The third-order valence-electron chi connectivity index (χ3n) is 5.64. The van der Waals surface area contributed by atoms with Crippen molar-refractivity contribution < 1.29 is 9.53 Å². The van der Waals surface area contributed by atoms with Crippen LogP contribution in [0.15, 0.2) is 35.3 Å². The van der Waals surface area contributed by atoms with Crippen molar-refractivity contribution in [1.82, 2.24) is 20.0 Å². The van der Waals surface area contributed by atoms with E-state index in [9.17, 15) is 4.79 Å². The first-order valence-electron chi connectivity index (χ1n) is 10.8. The van der Waals surface area contributed by atoms with Crippen molar-refractivity contribution in [2.45, 2.75) is 31.7 Å². The molecule has 30 heavy (non-hydrogen) atoms. The number of likely N-dealkylation sites (N-methyl/N-ethyl adjacent to an activating group) is 1. The SMILES string of the molecule is CN(C)C(=O)CN=C(NC1CCCC1)N1CCN(CCOc2ccccc2)CC1.I. The summed E-state index contributed by atoms with van der Waals surface area (Å²) in [6.07, 6.45) is 4.93. The van der Waals surface area contributed by atoms with Crippen molar-refractivity contribution >= 4 is 35.8 Å². The summed E-state index contributed by atoms with van der Waals surface area (Å²) in [5, 5.41) is 3.62. The van der Waals surface area contributed by atoms with E-state index in [2.05, 4.69) is 20.1 Å². The number of nitrogens with one attached hydrogen (secondary N) is 1. The monoisotopic (exact) mass is 529 g/mol. The van der Waals surface area contributed by atoms with Crippen LogP contribution in [0.5, 0.6) is 5.75 Å². The van der Waals surface area contributed by atoms with Crippen molar-refractivity contribution in [2.75, 3.05) is 60.0 Å². The zero-order chi connectivity index (χ0) is 20.5. The first kappa shape index (κ1) is 24.7. The Morgan fingerprint density at radius 3 is 2.43 bits per heavy atom. The fourth-order valence-corrected chi connectivity index (χ4v) is 3.77. The molecule has 168 valence electrons. The van der Waals surface area contributed by atoms with Crippen LogP contribution in [0.25, 0.3) is 0 Å². The summed E-state index contributed by atoms with van der Waals surface area (Å²) in [4.78, 5) is 23.0. The van der Waals surface area contributed by atoms with Crippen LogP contribution in [-0.4, -0.2) is 92.6 Å². The van der Waals surface area contributed by atoms with Crippen LogP contribution in [-0.2, 0) is 4.79 Å². The molecule has 8 heteroatoms. The maximum atomic E-state index is 12.0. The van der Waals surface area contributed by atoms with Gasteiger partial charge in [0.2, 0.25) is 5.91 Å². The number of ether oxygens (including phenoxy) is 1. The van der Waals surface area contributed by atoms with Gasteiger partial charge in [0, 0.05) is 52.9 Å².